The molecule has 107 valence electrons. The summed E-state index contributed by atoms with van der Waals surface area (Å²) in [6.07, 6.45) is 13.0. The molecule has 0 atom stereocenters. The van der Waals surface area contributed by atoms with E-state index in [0.717, 1.165) is 5.56 Å². The molecule has 3 rings (SSSR count). The fourth-order valence-corrected chi connectivity index (χ4v) is 1.82. The van der Waals surface area contributed by atoms with Crippen LogP contribution in [0.3, 0.4) is 0 Å². The fraction of sp³-hybridized carbons (Fsp3) is 0.0625. The van der Waals surface area contributed by atoms with E-state index < -0.39 is 0 Å². The lowest BCUT2D eigenvalue weighted by atomic mass is 10.2. The first-order chi connectivity index (χ1) is 10.9. The number of nitrogens with zero attached hydrogens (tertiary/aromatic N) is 5. The van der Waals surface area contributed by atoms with E-state index in [9.17, 15) is 0 Å². The van der Waals surface area contributed by atoms with Gasteiger partial charge in [-0.05, 0) is 29.8 Å². The van der Waals surface area contributed by atoms with Crippen molar-refractivity contribution < 1.29 is 4.74 Å². The van der Waals surface area contributed by atoms with Gasteiger partial charge in [0.15, 0.2) is 17.9 Å². The Bertz CT molecular complexity index is 775. The van der Waals surface area contributed by atoms with Crippen molar-refractivity contribution >= 4 is 12.2 Å². The Morgan fingerprint density at radius 1 is 1.09 bits per heavy atom. The molecular weight excluding hydrogens is 278 g/mol. The summed E-state index contributed by atoms with van der Waals surface area (Å²) in [7, 11) is 1.58. The second kappa shape index (κ2) is 6.53. The van der Waals surface area contributed by atoms with E-state index in [2.05, 4.69) is 31.2 Å². The number of pyridine rings is 1. The average Bonchev–Trinajstić information content (AvgIpc) is 2.61. The predicted octanol–water partition coefficient (Wildman–Crippen LogP) is 2.31. The Morgan fingerprint density at radius 2 is 1.95 bits per heavy atom. The summed E-state index contributed by atoms with van der Waals surface area (Å²) in [5.41, 5.74) is 2.30. The molecule has 0 aliphatic rings. The molecule has 22 heavy (non-hydrogen) atoms. The Hall–Kier alpha value is -3.15. The minimum Gasteiger partial charge on any atom is -0.493 e. The maximum atomic E-state index is 5.30. The summed E-state index contributed by atoms with van der Waals surface area (Å²) in [4.78, 5) is 20.5. The molecule has 0 fully saturated rings. The van der Waals surface area contributed by atoms with Gasteiger partial charge < -0.3 is 4.74 Å². The highest BCUT2D eigenvalue weighted by molar-refractivity contribution is 5.71. The molecule has 6 heteroatoms. The van der Waals surface area contributed by atoms with Gasteiger partial charge in [-0.15, -0.1) is 0 Å². The highest BCUT2D eigenvalue weighted by atomic mass is 16.5. The summed E-state index contributed by atoms with van der Waals surface area (Å²) in [5, 5.41) is 0. The van der Waals surface area contributed by atoms with E-state index in [1.165, 1.54) is 0 Å². The van der Waals surface area contributed by atoms with Crippen molar-refractivity contribution in [2.45, 2.75) is 0 Å². The lowest BCUT2D eigenvalue weighted by Gasteiger charge is -2.05. The van der Waals surface area contributed by atoms with Gasteiger partial charge in [0.2, 0.25) is 0 Å². The van der Waals surface area contributed by atoms with Gasteiger partial charge in [-0.25, -0.2) is 19.9 Å². The van der Waals surface area contributed by atoms with Crippen LogP contribution in [0.5, 0.6) is 5.75 Å². The molecule has 1 radical (unpaired) electrons. The maximum absolute atomic E-state index is 5.30. The molecule has 0 N–H and O–H groups in total. The van der Waals surface area contributed by atoms with Gasteiger partial charge >= 0.3 is 0 Å². The van der Waals surface area contributed by atoms with E-state index in [0.29, 0.717) is 23.0 Å². The Kier molecular flexibility index (Phi) is 4.10. The maximum Gasteiger partial charge on any atom is 0.198 e. The third-order valence-electron chi connectivity index (χ3n) is 2.91. The topological polar surface area (TPSA) is 73.7 Å². The zero-order valence-corrected chi connectivity index (χ0v) is 11.8. The molecule has 0 saturated heterocycles. The normalized spacial score (nSPS) is 10.8. The molecule has 3 aromatic rings. The molecular formula is C16H12N5O. The molecule has 0 saturated carbocycles. The standard InChI is InChI=1S/C16H12N5O/c1-22-15-10-19-16(14-6-9-18-11-20-14)21-13(15)3-2-12-4-7-17-8-5-12/h2-10H,1H3/b3-2+. The zero-order valence-electron chi connectivity index (χ0n) is 11.8. The van der Waals surface area contributed by atoms with Gasteiger partial charge in [-0.1, -0.05) is 6.08 Å². The summed E-state index contributed by atoms with van der Waals surface area (Å²) in [5.74, 6) is 1.08. The van der Waals surface area contributed by atoms with E-state index >= 15 is 0 Å². The van der Waals surface area contributed by atoms with Crippen molar-refractivity contribution in [3.05, 3.63) is 60.6 Å². The first-order valence-electron chi connectivity index (χ1n) is 6.55. The van der Waals surface area contributed by atoms with E-state index in [-0.39, 0.29) is 0 Å². The van der Waals surface area contributed by atoms with Crippen LogP contribution in [0.2, 0.25) is 0 Å². The van der Waals surface area contributed by atoms with E-state index in [4.69, 9.17) is 4.74 Å². The Balaban J connectivity index is 1.97. The van der Waals surface area contributed by atoms with Crippen LogP contribution >= 0.6 is 0 Å². The number of hydrogen-bond donors (Lipinski definition) is 0. The Morgan fingerprint density at radius 3 is 2.68 bits per heavy atom. The Labute approximate surface area is 127 Å². The third-order valence-corrected chi connectivity index (χ3v) is 2.91. The smallest absolute Gasteiger partial charge is 0.198 e. The summed E-state index contributed by atoms with van der Waals surface area (Å²) in [6, 6.07) is 5.55. The monoisotopic (exact) mass is 290 g/mol. The van der Waals surface area contributed by atoms with Crippen LogP contribution in [0.4, 0.5) is 0 Å². The highest BCUT2D eigenvalue weighted by Crippen LogP contribution is 2.21. The molecule has 0 bridgehead atoms. The van der Waals surface area contributed by atoms with Gasteiger partial charge in [0.1, 0.15) is 11.4 Å². The van der Waals surface area contributed by atoms with Crippen LogP contribution in [0.15, 0.2) is 43.0 Å². The van der Waals surface area contributed by atoms with Crippen LogP contribution in [0.25, 0.3) is 23.7 Å². The lowest BCUT2D eigenvalue weighted by Crippen LogP contribution is -1.97. The molecule has 0 aliphatic heterocycles. The molecule has 6 nitrogen and oxygen atoms in total. The molecule has 0 amide bonds. The molecule has 0 aromatic carbocycles. The first kappa shape index (κ1) is 13.8. The van der Waals surface area contributed by atoms with Crippen LogP contribution in [0, 0.1) is 6.33 Å². The van der Waals surface area contributed by atoms with Gasteiger partial charge in [0, 0.05) is 18.6 Å². The van der Waals surface area contributed by atoms with Crippen LogP contribution in [-0.2, 0) is 0 Å². The number of methoxy groups -OCH3 is 1. The van der Waals surface area contributed by atoms with Gasteiger partial charge in [0.05, 0.1) is 13.3 Å². The number of rotatable bonds is 4. The van der Waals surface area contributed by atoms with Crippen LogP contribution < -0.4 is 4.74 Å². The largest absolute Gasteiger partial charge is 0.493 e. The van der Waals surface area contributed by atoms with Gasteiger partial charge in [0.25, 0.3) is 0 Å². The van der Waals surface area contributed by atoms with Crippen molar-refractivity contribution in [3.63, 3.8) is 0 Å². The quantitative estimate of drug-likeness (QED) is 0.734. The van der Waals surface area contributed by atoms with Gasteiger partial charge in [-0.3, -0.25) is 4.98 Å². The number of aromatic nitrogens is 5. The van der Waals surface area contributed by atoms with Crippen molar-refractivity contribution in [3.8, 4) is 17.3 Å². The lowest BCUT2D eigenvalue weighted by molar-refractivity contribution is 0.409. The van der Waals surface area contributed by atoms with Crippen LogP contribution in [-0.4, -0.2) is 32.0 Å². The highest BCUT2D eigenvalue weighted by Gasteiger charge is 2.08. The van der Waals surface area contributed by atoms with E-state index in [1.54, 1.807) is 38.0 Å². The predicted molar refractivity (Wildman–Crippen MR) is 81.6 cm³/mol. The zero-order chi connectivity index (χ0) is 15.2. The van der Waals surface area contributed by atoms with Crippen molar-refractivity contribution in [2.75, 3.05) is 7.11 Å². The average molecular weight is 290 g/mol. The summed E-state index contributed by atoms with van der Waals surface area (Å²) >= 11 is 0. The van der Waals surface area contributed by atoms with Crippen molar-refractivity contribution in [1.29, 1.82) is 0 Å². The second-order valence-corrected chi connectivity index (χ2v) is 4.30. The minimum atomic E-state index is 0.494. The summed E-state index contributed by atoms with van der Waals surface area (Å²) in [6.45, 7) is 0. The van der Waals surface area contributed by atoms with Crippen molar-refractivity contribution in [2.24, 2.45) is 0 Å². The number of hydrogen-bond acceptors (Lipinski definition) is 6. The molecule has 0 aliphatic carbocycles. The molecule has 0 unspecified atom stereocenters. The fourth-order valence-electron chi connectivity index (χ4n) is 1.82. The van der Waals surface area contributed by atoms with Crippen LogP contribution in [0.1, 0.15) is 11.3 Å². The van der Waals surface area contributed by atoms with Gasteiger partial charge in [-0.2, -0.15) is 0 Å². The minimum absolute atomic E-state index is 0.494. The first-order valence-corrected chi connectivity index (χ1v) is 6.55. The SMILES string of the molecule is COc1cnc(-c2ccn[c]n2)nc1/C=C/c1ccncc1. The van der Waals surface area contributed by atoms with E-state index in [1.807, 2.05) is 24.3 Å². The number of ether oxygens (including phenoxy) is 1. The van der Waals surface area contributed by atoms with Crippen molar-refractivity contribution in [1.82, 2.24) is 24.9 Å². The molecule has 3 heterocycles. The second-order valence-electron chi connectivity index (χ2n) is 4.30. The summed E-state index contributed by atoms with van der Waals surface area (Å²) < 4.78 is 5.30. The molecule has 0 spiro atoms. The third kappa shape index (κ3) is 3.12. The molecule has 3 aromatic heterocycles.